The van der Waals surface area contributed by atoms with Crippen LogP contribution in [0.2, 0.25) is 0 Å². The number of fused-ring (bicyclic) bond motifs is 9. The summed E-state index contributed by atoms with van der Waals surface area (Å²) in [5, 5.41) is 21.5. The van der Waals surface area contributed by atoms with Gasteiger partial charge < -0.3 is 10.2 Å². The third-order valence-corrected chi connectivity index (χ3v) is 6.52. The molecule has 3 aliphatic carbocycles. The van der Waals surface area contributed by atoms with Gasteiger partial charge in [-0.1, -0.05) is 30.2 Å². The summed E-state index contributed by atoms with van der Waals surface area (Å²) >= 11 is 6.24. The highest BCUT2D eigenvalue weighted by Crippen LogP contribution is 2.47. The average Bonchev–Trinajstić information content (AvgIpc) is 2.51. The smallest absolute Gasteiger partial charge is 0.0855 e. The van der Waals surface area contributed by atoms with Gasteiger partial charge in [0.15, 0.2) is 0 Å². The van der Waals surface area contributed by atoms with Crippen molar-refractivity contribution in [3.05, 3.63) is 23.3 Å². The highest BCUT2D eigenvalue weighted by molar-refractivity contribution is 6.18. The molecular formula is C20H33ClO2. The number of aliphatic hydroxyl groups excluding tert-OH is 2. The Bertz CT molecular complexity index is 455. The second-order valence-electron chi connectivity index (χ2n) is 8.09. The lowest BCUT2D eigenvalue weighted by Gasteiger charge is -2.49. The third kappa shape index (κ3) is 4.61. The SMILES string of the molecule is C/C1=C/CC[C@]2(C)C[C@H](CCl)[C@@H](CC/C(C)=C\CC1)[C@@H](O)[C@H]2O. The maximum absolute atomic E-state index is 10.8. The van der Waals surface area contributed by atoms with Gasteiger partial charge in [0.05, 0.1) is 12.2 Å². The summed E-state index contributed by atoms with van der Waals surface area (Å²) in [7, 11) is 0. The molecular weight excluding hydrogens is 308 g/mol. The van der Waals surface area contributed by atoms with Crippen molar-refractivity contribution < 1.29 is 10.2 Å². The minimum Gasteiger partial charge on any atom is -0.390 e. The summed E-state index contributed by atoms with van der Waals surface area (Å²) in [6, 6.07) is 0. The topological polar surface area (TPSA) is 40.5 Å². The molecule has 0 unspecified atom stereocenters. The molecule has 0 aliphatic heterocycles. The van der Waals surface area contributed by atoms with Gasteiger partial charge in [-0.05, 0) is 76.0 Å². The number of halogens is 1. The minimum atomic E-state index is -0.654. The maximum atomic E-state index is 10.8. The van der Waals surface area contributed by atoms with Crippen molar-refractivity contribution in [2.75, 3.05) is 5.88 Å². The lowest BCUT2D eigenvalue weighted by atomic mass is 9.60. The first kappa shape index (κ1) is 19.0. The first-order valence-corrected chi connectivity index (χ1v) is 9.64. The second-order valence-corrected chi connectivity index (χ2v) is 8.40. The fraction of sp³-hybridized carbons (Fsp3) is 0.800. The monoisotopic (exact) mass is 340 g/mol. The fourth-order valence-electron chi connectivity index (χ4n) is 4.41. The molecule has 0 aromatic heterocycles. The van der Waals surface area contributed by atoms with E-state index in [2.05, 4.69) is 32.9 Å². The number of hydrogen-bond acceptors (Lipinski definition) is 2. The van der Waals surface area contributed by atoms with Gasteiger partial charge in [-0.3, -0.25) is 0 Å². The number of allylic oxidation sites excluding steroid dienone is 4. The molecule has 0 heterocycles. The van der Waals surface area contributed by atoms with E-state index in [-0.39, 0.29) is 11.3 Å². The van der Waals surface area contributed by atoms with Crippen LogP contribution in [0.3, 0.4) is 0 Å². The maximum Gasteiger partial charge on any atom is 0.0855 e. The molecule has 3 rings (SSSR count). The number of aliphatic hydroxyl groups is 2. The summed E-state index contributed by atoms with van der Waals surface area (Å²) < 4.78 is 0. The van der Waals surface area contributed by atoms with Crippen molar-refractivity contribution in [3.63, 3.8) is 0 Å². The van der Waals surface area contributed by atoms with Crippen LogP contribution in [-0.2, 0) is 0 Å². The molecule has 0 aromatic rings. The number of rotatable bonds is 1. The van der Waals surface area contributed by atoms with E-state index < -0.39 is 12.2 Å². The third-order valence-electron chi connectivity index (χ3n) is 6.12. The molecule has 0 spiro atoms. The fourth-order valence-corrected chi connectivity index (χ4v) is 4.75. The van der Waals surface area contributed by atoms with Crippen molar-refractivity contribution in [1.29, 1.82) is 0 Å². The van der Waals surface area contributed by atoms with E-state index in [1.165, 1.54) is 11.1 Å². The molecule has 2 bridgehead atoms. The Labute approximate surface area is 146 Å². The van der Waals surface area contributed by atoms with Crippen molar-refractivity contribution in [3.8, 4) is 0 Å². The standard InChI is InChI=1S/C20H33ClO2/c1-14-6-4-7-15(2)9-10-17-16(13-21)12-20(3,11-5-8-14)19(23)18(17)22/h7-8,16-19,22-23H,4-6,9-13H2,1-3H3/b14-8-,15-7-/t16-,17-,18-,19-,20-/m1/s1. The lowest BCUT2D eigenvalue weighted by Crippen LogP contribution is -2.53. The van der Waals surface area contributed by atoms with E-state index >= 15 is 0 Å². The quantitative estimate of drug-likeness (QED) is 0.530. The first-order chi connectivity index (χ1) is 10.9. The van der Waals surface area contributed by atoms with Gasteiger partial charge in [0.2, 0.25) is 0 Å². The van der Waals surface area contributed by atoms with Gasteiger partial charge in [-0.25, -0.2) is 0 Å². The van der Waals surface area contributed by atoms with E-state index in [4.69, 9.17) is 11.6 Å². The lowest BCUT2D eigenvalue weighted by molar-refractivity contribution is -0.137. The van der Waals surface area contributed by atoms with E-state index in [0.717, 1.165) is 44.9 Å². The predicted octanol–water partition coefficient (Wildman–Crippen LogP) is 4.84. The normalized spacial score (nSPS) is 44.8. The molecule has 0 amide bonds. The highest BCUT2D eigenvalue weighted by Gasteiger charge is 2.48. The molecule has 0 aromatic carbocycles. The zero-order chi connectivity index (χ0) is 17.0. The van der Waals surface area contributed by atoms with Crippen LogP contribution in [-0.4, -0.2) is 28.3 Å². The Morgan fingerprint density at radius 1 is 1.13 bits per heavy atom. The highest BCUT2D eigenvalue weighted by atomic mass is 35.5. The van der Waals surface area contributed by atoms with Crippen molar-refractivity contribution >= 4 is 11.6 Å². The number of alkyl halides is 1. The van der Waals surface area contributed by atoms with Crippen LogP contribution in [0.15, 0.2) is 23.3 Å². The average molecular weight is 341 g/mol. The molecule has 1 fully saturated rings. The Balaban J connectivity index is 2.26. The molecule has 3 heteroatoms. The van der Waals surface area contributed by atoms with Crippen molar-refractivity contribution in [1.82, 2.24) is 0 Å². The van der Waals surface area contributed by atoms with Crippen LogP contribution in [0.5, 0.6) is 0 Å². The summed E-state index contributed by atoms with van der Waals surface area (Å²) in [6.45, 7) is 6.49. The van der Waals surface area contributed by atoms with Crippen molar-refractivity contribution in [2.24, 2.45) is 17.3 Å². The van der Waals surface area contributed by atoms with E-state index in [9.17, 15) is 10.2 Å². The summed E-state index contributed by atoms with van der Waals surface area (Å²) in [4.78, 5) is 0. The van der Waals surface area contributed by atoms with E-state index in [1.807, 2.05) is 0 Å². The molecule has 23 heavy (non-hydrogen) atoms. The van der Waals surface area contributed by atoms with Gasteiger partial charge >= 0.3 is 0 Å². The molecule has 2 nitrogen and oxygen atoms in total. The molecule has 5 atom stereocenters. The van der Waals surface area contributed by atoms with Crippen molar-refractivity contribution in [2.45, 2.75) is 77.9 Å². The van der Waals surface area contributed by atoms with Gasteiger partial charge in [0.25, 0.3) is 0 Å². The Kier molecular flexibility index (Phi) is 6.77. The van der Waals surface area contributed by atoms with Gasteiger partial charge in [-0.2, -0.15) is 0 Å². The molecule has 1 saturated carbocycles. The zero-order valence-electron chi connectivity index (χ0n) is 14.9. The van der Waals surface area contributed by atoms with E-state index in [1.54, 1.807) is 0 Å². The largest absolute Gasteiger partial charge is 0.390 e. The second kappa shape index (κ2) is 8.18. The van der Waals surface area contributed by atoms with Crippen LogP contribution < -0.4 is 0 Å². The molecule has 3 aliphatic rings. The predicted molar refractivity (Wildman–Crippen MR) is 97.7 cm³/mol. The summed E-state index contributed by atoms with van der Waals surface area (Å²) in [5.74, 6) is 0.974. The number of hydrogen-bond donors (Lipinski definition) is 2. The first-order valence-electron chi connectivity index (χ1n) is 9.11. The Hall–Kier alpha value is -0.310. The Morgan fingerprint density at radius 2 is 1.78 bits per heavy atom. The molecule has 0 saturated heterocycles. The van der Waals surface area contributed by atoms with E-state index in [0.29, 0.717) is 11.8 Å². The summed E-state index contributed by atoms with van der Waals surface area (Å²) in [6.07, 6.45) is 10.2. The van der Waals surface area contributed by atoms with Crippen LogP contribution in [0.4, 0.5) is 0 Å². The van der Waals surface area contributed by atoms with Crippen LogP contribution in [0, 0.1) is 17.3 Å². The van der Waals surface area contributed by atoms with Gasteiger partial charge in [0.1, 0.15) is 0 Å². The molecule has 0 radical (unpaired) electrons. The summed E-state index contributed by atoms with van der Waals surface area (Å²) in [5.41, 5.74) is 2.58. The Morgan fingerprint density at radius 3 is 2.48 bits per heavy atom. The molecule has 2 N–H and O–H groups in total. The van der Waals surface area contributed by atoms with Crippen LogP contribution in [0.25, 0.3) is 0 Å². The molecule has 132 valence electrons. The van der Waals surface area contributed by atoms with Gasteiger partial charge in [-0.15, -0.1) is 11.6 Å². The van der Waals surface area contributed by atoms with Crippen LogP contribution in [0.1, 0.15) is 65.7 Å². The van der Waals surface area contributed by atoms with Gasteiger partial charge in [0, 0.05) is 5.88 Å². The zero-order valence-corrected chi connectivity index (χ0v) is 15.6. The van der Waals surface area contributed by atoms with Crippen LogP contribution >= 0.6 is 11.6 Å². The minimum absolute atomic E-state index is 0.110.